The molecule has 0 atom stereocenters. The van der Waals surface area contributed by atoms with Crippen LogP contribution in [0.15, 0.2) is 0 Å². The molecule has 0 aromatic rings. The number of Topliss-reactive ketones (excluding diaryl/α,β-unsaturated/α-hetero) is 2. The molecular weight excluding hydrogens is 200 g/mol. The van der Waals surface area contributed by atoms with Crippen molar-refractivity contribution in [1.82, 2.24) is 5.32 Å². The Hall–Kier alpha value is -1.72. The van der Waals surface area contributed by atoms with Crippen molar-refractivity contribution in [2.24, 2.45) is 5.73 Å². The molecule has 0 saturated heterocycles. The quantitative estimate of drug-likeness (QED) is 0.597. The van der Waals surface area contributed by atoms with E-state index >= 15 is 0 Å². The van der Waals surface area contributed by atoms with Crippen molar-refractivity contribution in [3.8, 4) is 0 Å². The van der Waals surface area contributed by atoms with Crippen LogP contribution in [-0.2, 0) is 19.2 Å². The first-order valence-electron chi connectivity index (χ1n) is 4.27. The summed E-state index contributed by atoms with van der Waals surface area (Å²) < 4.78 is 0. The van der Waals surface area contributed by atoms with Gasteiger partial charge >= 0.3 is 0 Å². The maximum Gasteiger partial charge on any atom is 0.227 e. The zero-order chi connectivity index (χ0) is 12.4. The molecule has 0 saturated carbocycles. The maximum atomic E-state index is 10.3. The standard InChI is InChI=1S/C5H9NO2.C4H7NO2/c1-4(7)3-5(8)6-2;1-3(6)2-4(5)7/h3H2,1-2H3,(H,6,8);2H2,1H3,(H2,5,7). The van der Waals surface area contributed by atoms with Crippen molar-refractivity contribution < 1.29 is 19.2 Å². The van der Waals surface area contributed by atoms with Gasteiger partial charge in [0.05, 0.1) is 12.8 Å². The van der Waals surface area contributed by atoms with Crippen LogP contribution in [0.3, 0.4) is 0 Å². The molecule has 15 heavy (non-hydrogen) atoms. The number of primary amides is 1. The minimum Gasteiger partial charge on any atom is -0.369 e. The molecule has 6 nitrogen and oxygen atoms in total. The van der Waals surface area contributed by atoms with Gasteiger partial charge < -0.3 is 11.1 Å². The number of hydrogen-bond acceptors (Lipinski definition) is 4. The van der Waals surface area contributed by atoms with E-state index < -0.39 is 5.91 Å². The summed E-state index contributed by atoms with van der Waals surface area (Å²) in [5.41, 5.74) is 4.63. The minimum absolute atomic E-state index is 0.00347. The molecule has 0 heterocycles. The molecular formula is C9H16N2O4. The third-order valence-electron chi connectivity index (χ3n) is 1.11. The van der Waals surface area contributed by atoms with Gasteiger partial charge in [-0.25, -0.2) is 0 Å². The number of carbonyl (C=O) groups excluding carboxylic acids is 4. The molecule has 0 unspecified atom stereocenters. The Morgan fingerprint density at radius 2 is 1.40 bits per heavy atom. The van der Waals surface area contributed by atoms with Gasteiger partial charge in [0.15, 0.2) is 0 Å². The van der Waals surface area contributed by atoms with Gasteiger partial charge in [-0.3, -0.25) is 19.2 Å². The lowest BCUT2D eigenvalue weighted by molar-refractivity contribution is -0.127. The second-order valence-corrected chi connectivity index (χ2v) is 2.90. The van der Waals surface area contributed by atoms with Gasteiger partial charge in [0, 0.05) is 7.05 Å². The molecule has 0 aliphatic rings. The number of amides is 2. The number of carbonyl (C=O) groups is 4. The molecule has 3 N–H and O–H groups in total. The Balaban J connectivity index is 0. The second-order valence-electron chi connectivity index (χ2n) is 2.90. The summed E-state index contributed by atoms with van der Waals surface area (Å²) in [4.78, 5) is 40.2. The highest BCUT2D eigenvalue weighted by molar-refractivity contribution is 5.96. The number of rotatable bonds is 4. The second kappa shape index (κ2) is 8.86. The Morgan fingerprint density at radius 1 is 1.00 bits per heavy atom. The van der Waals surface area contributed by atoms with Gasteiger partial charge in [0.25, 0.3) is 0 Å². The zero-order valence-corrected chi connectivity index (χ0v) is 9.12. The fourth-order valence-corrected chi connectivity index (χ4v) is 0.560. The largest absolute Gasteiger partial charge is 0.369 e. The number of hydrogen-bond donors (Lipinski definition) is 2. The highest BCUT2D eigenvalue weighted by atomic mass is 16.2. The van der Waals surface area contributed by atoms with E-state index in [1.165, 1.54) is 20.9 Å². The van der Waals surface area contributed by atoms with Crippen molar-refractivity contribution in [2.75, 3.05) is 7.05 Å². The summed E-state index contributed by atoms with van der Waals surface area (Å²) in [6, 6.07) is 0. The Morgan fingerprint density at radius 3 is 1.47 bits per heavy atom. The van der Waals surface area contributed by atoms with Gasteiger partial charge in [-0.1, -0.05) is 0 Å². The van der Waals surface area contributed by atoms with Crippen LogP contribution in [0.5, 0.6) is 0 Å². The van der Waals surface area contributed by atoms with E-state index in [0.29, 0.717) is 0 Å². The smallest absolute Gasteiger partial charge is 0.227 e. The predicted molar refractivity (Wildman–Crippen MR) is 53.9 cm³/mol. The average Bonchev–Trinajstić information content (AvgIpc) is 2.01. The summed E-state index contributed by atoms with van der Waals surface area (Å²) in [6.45, 7) is 2.71. The van der Waals surface area contributed by atoms with Crippen molar-refractivity contribution in [2.45, 2.75) is 26.7 Å². The van der Waals surface area contributed by atoms with E-state index in [2.05, 4.69) is 11.1 Å². The molecule has 2 amide bonds. The van der Waals surface area contributed by atoms with Gasteiger partial charge in [-0.15, -0.1) is 0 Å². The minimum atomic E-state index is -0.562. The molecule has 86 valence electrons. The SMILES string of the molecule is CC(=O)CC(N)=O.CNC(=O)CC(C)=O. The average molecular weight is 216 g/mol. The van der Waals surface area contributed by atoms with Crippen LogP contribution in [0.2, 0.25) is 0 Å². The van der Waals surface area contributed by atoms with Crippen molar-refractivity contribution in [1.29, 1.82) is 0 Å². The molecule has 0 aromatic carbocycles. The van der Waals surface area contributed by atoms with E-state index in [0.717, 1.165) is 0 Å². The molecule has 0 aliphatic heterocycles. The zero-order valence-electron chi connectivity index (χ0n) is 9.12. The fraction of sp³-hybridized carbons (Fsp3) is 0.556. The van der Waals surface area contributed by atoms with Gasteiger partial charge in [-0.05, 0) is 13.8 Å². The number of nitrogens with two attached hydrogens (primary N) is 1. The van der Waals surface area contributed by atoms with Crippen molar-refractivity contribution >= 4 is 23.4 Å². The van der Waals surface area contributed by atoms with Gasteiger partial charge in [-0.2, -0.15) is 0 Å². The van der Waals surface area contributed by atoms with E-state index in [4.69, 9.17) is 0 Å². The van der Waals surface area contributed by atoms with Crippen molar-refractivity contribution in [3.05, 3.63) is 0 Å². The monoisotopic (exact) mass is 216 g/mol. The topological polar surface area (TPSA) is 106 Å². The van der Waals surface area contributed by atoms with Crippen LogP contribution in [0.4, 0.5) is 0 Å². The predicted octanol–water partition coefficient (Wildman–Crippen LogP) is -0.838. The molecule has 0 spiro atoms. The van der Waals surface area contributed by atoms with Gasteiger partial charge in [0.2, 0.25) is 11.8 Å². The Bertz CT molecular complexity index is 249. The molecule has 6 heteroatoms. The third kappa shape index (κ3) is 18.9. The summed E-state index contributed by atoms with van der Waals surface area (Å²) in [7, 11) is 1.51. The third-order valence-corrected chi connectivity index (χ3v) is 1.11. The summed E-state index contributed by atoms with van der Waals surface area (Å²) in [5.74, 6) is -1.08. The molecule has 0 radical (unpaired) electrons. The Labute approximate surface area is 88.2 Å². The van der Waals surface area contributed by atoms with Crippen LogP contribution in [0.1, 0.15) is 26.7 Å². The van der Waals surface area contributed by atoms with E-state index in [-0.39, 0.29) is 30.3 Å². The lowest BCUT2D eigenvalue weighted by Crippen LogP contribution is -2.19. The van der Waals surface area contributed by atoms with Gasteiger partial charge in [0.1, 0.15) is 11.6 Å². The molecule has 0 fully saturated rings. The highest BCUT2D eigenvalue weighted by Gasteiger charge is 1.99. The summed E-state index contributed by atoms with van der Waals surface area (Å²) in [6.07, 6.45) is -0.142. The number of nitrogens with one attached hydrogen (secondary N) is 1. The summed E-state index contributed by atoms with van der Waals surface area (Å²) in [5, 5.41) is 2.34. The van der Waals surface area contributed by atoms with Crippen LogP contribution >= 0.6 is 0 Å². The molecule has 0 aliphatic carbocycles. The lowest BCUT2D eigenvalue weighted by atomic mass is 10.3. The molecule has 0 bridgehead atoms. The molecule has 0 aromatic heterocycles. The first-order chi connectivity index (χ1) is 6.79. The van der Waals surface area contributed by atoms with Crippen LogP contribution in [0, 0.1) is 0 Å². The highest BCUT2D eigenvalue weighted by Crippen LogP contribution is 1.78. The first-order valence-corrected chi connectivity index (χ1v) is 4.27. The fourth-order valence-electron chi connectivity index (χ4n) is 0.560. The number of ketones is 2. The van der Waals surface area contributed by atoms with E-state index in [9.17, 15) is 19.2 Å². The summed E-state index contributed by atoms with van der Waals surface area (Å²) >= 11 is 0. The lowest BCUT2D eigenvalue weighted by Gasteiger charge is -1.91. The maximum absolute atomic E-state index is 10.3. The first kappa shape index (κ1) is 15.7. The van der Waals surface area contributed by atoms with Crippen LogP contribution in [-0.4, -0.2) is 30.4 Å². The van der Waals surface area contributed by atoms with E-state index in [1.807, 2.05) is 0 Å². The Kier molecular flexibility index (Phi) is 9.30. The van der Waals surface area contributed by atoms with Crippen LogP contribution < -0.4 is 11.1 Å². The van der Waals surface area contributed by atoms with E-state index in [1.54, 1.807) is 0 Å². The normalized spacial score (nSPS) is 8.20. The molecule has 0 rings (SSSR count). The van der Waals surface area contributed by atoms with Crippen LogP contribution in [0.25, 0.3) is 0 Å². The van der Waals surface area contributed by atoms with Crippen molar-refractivity contribution in [3.63, 3.8) is 0 Å².